The third-order valence-electron chi connectivity index (χ3n) is 4.10. The number of thioether (sulfide) groups is 1. The Kier molecular flexibility index (Phi) is 7.22. The van der Waals surface area contributed by atoms with Crippen LogP contribution in [0.1, 0.15) is 20.0 Å². The zero-order chi connectivity index (χ0) is 17.4. The Morgan fingerprint density at radius 3 is 2.58 bits per heavy atom. The standard InChI is InChI=1S/C16H17N3O4S.ClH.H2O/c1-8-7-24-15-11(14(21)19(15)12(8)16(22)23)18-13(20)10(17)9-5-3-2-4-6-9;;/h2-6,10-11,15H,7,17H2,1H3,(H,18,20)(H,22,23);1H;1H2/t10-,11-,15-;;/m1../s1. The number of aliphatic carboxylic acids is 1. The van der Waals surface area contributed by atoms with Crippen LogP contribution in [0.25, 0.3) is 0 Å². The van der Waals surface area contributed by atoms with Gasteiger partial charge in [0.25, 0.3) is 5.91 Å². The van der Waals surface area contributed by atoms with Crippen molar-refractivity contribution < 1.29 is 38.8 Å². The summed E-state index contributed by atoms with van der Waals surface area (Å²) in [6, 6.07) is 7.23. The van der Waals surface area contributed by atoms with E-state index >= 15 is 0 Å². The minimum atomic E-state index is -1.13. The first-order valence-electron chi connectivity index (χ1n) is 7.40. The van der Waals surface area contributed by atoms with Crippen molar-refractivity contribution in [3.8, 4) is 0 Å². The van der Waals surface area contributed by atoms with Crippen molar-refractivity contribution in [2.24, 2.45) is 5.73 Å². The highest BCUT2D eigenvalue weighted by Crippen LogP contribution is 2.40. The molecular formula is C16H20ClN3O5S. The Morgan fingerprint density at radius 1 is 1.38 bits per heavy atom. The number of rotatable bonds is 4. The Hall–Kier alpha value is -2.07. The van der Waals surface area contributed by atoms with Crippen LogP contribution < -0.4 is 23.5 Å². The van der Waals surface area contributed by atoms with Gasteiger partial charge >= 0.3 is 7.40 Å². The Balaban J connectivity index is 0.00000225. The van der Waals surface area contributed by atoms with Gasteiger partial charge < -0.3 is 34.0 Å². The van der Waals surface area contributed by atoms with Crippen LogP contribution in [0, 0.1) is 0 Å². The molecule has 0 saturated carbocycles. The largest absolute Gasteiger partial charge is 1.00 e. The molecule has 2 amide bonds. The third-order valence-corrected chi connectivity index (χ3v) is 5.52. The number of halogens is 1. The zero-order valence-corrected chi connectivity index (χ0v) is 15.4. The first-order chi connectivity index (χ1) is 11.4. The topological polar surface area (TPSA) is 144 Å². The van der Waals surface area contributed by atoms with Crippen molar-refractivity contribution in [2.45, 2.75) is 24.4 Å². The van der Waals surface area contributed by atoms with E-state index in [-0.39, 0.29) is 25.0 Å². The summed E-state index contributed by atoms with van der Waals surface area (Å²) >= 11 is 1.43. The molecule has 6 N–H and O–H groups in total. The van der Waals surface area contributed by atoms with Crippen LogP contribution in [-0.4, -0.2) is 50.4 Å². The lowest BCUT2D eigenvalue weighted by atomic mass is 10.0. The van der Waals surface area contributed by atoms with Crippen molar-refractivity contribution >= 4 is 29.5 Å². The van der Waals surface area contributed by atoms with E-state index < -0.39 is 35.2 Å². The highest BCUT2D eigenvalue weighted by Gasteiger charge is 2.53. The molecule has 2 aliphatic rings. The number of carbonyl (C=O) groups excluding carboxylic acids is 2. The Morgan fingerprint density at radius 2 is 2.00 bits per heavy atom. The van der Waals surface area contributed by atoms with Gasteiger partial charge in [0.1, 0.15) is 23.2 Å². The molecule has 10 heteroatoms. The van der Waals surface area contributed by atoms with Gasteiger partial charge in [0.15, 0.2) is 0 Å². The van der Waals surface area contributed by atoms with Crippen LogP contribution >= 0.6 is 11.8 Å². The lowest BCUT2D eigenvalue weighted by Gasteiger charge is -2.49. The van der Waals surface area contributed by atoms with Crippen molar-refractivity contribution in [3.05, 3.63) is 47.2 Å². The van der Waals surface area contributed by atoms with E-state index in [1.165, 1.54) is 16.7 Å². The number of hydrogen-bond donors (Lipinski definition) is 3. The van der Waals surface area contributed by atoms with Gasteiger partial charge in [-0.3, -0.25) is 14.5 Å². The average Bonchev–Trinajstić information content (AvgIpc) is 2.59. The molecule has 1 aromatic carbocycles. The van der Waals surface area contributed by atoms with Crippen LogP contribution in [-0.2, 0) is 14.4 Å². The first-order valence-corrected chi connectivity index (χ1v) is 8.45. The van der Waals surface area contributed by atoms with Crippen LogP contribution in [0.3, 0.4) is 0 Å². The van der Waals surface area contributed by atoms with Crippen LogP contribution in [0.15, 0.2) is 41.6 Å². The van der Waals surface area contributed by atoms with Crippen LogP contribution in [0.5, 0.6) is 0 Å². The summed E-state index contributed by atoms with van der Waals surface area (Å²) in [5.74, 6) is -1.50. The minimum absolute atomic E-state index is 0. The highest BCUT2D eigenvalue weighted by atomic mass is 35.5. The van der Waals surface area contributed by atoms with Gasteiger partial charge in [-0.2, -0.15) is 0 Å². The molecule has 1 fully saturated rings. The second kappa shape index (κ2) is 8.54. The van der Waals surface area contributed by atoms with Gasteiger partial charge in [-0.25, -0.2) is 4.79 Å². The fourth-order valence-electron chi connectivity index (χ4n) is 2.83. The van der Waals surface area contributed by atoms with E-state index in [1.54, 1.807) is 31.2 Å². The van der Waals surface area contributed by atoms with Crippen LogP contribution in [0.2, 0.25) is 0 Å². The molecule has 2 aliphatic heterocycles. The number of benzene rings is 1. The molecule has 0 bridgehead atoms. The summed E-state index contributed by atoms with van der Waals surface area (Å²) in [7, 11) is 0. The molecule has 0 radical (unpaired) electrons. The molecule has 0 aromatic heterocycles. The number of nitrogens with two attached hydrogens (primary N) is 1. The fourth-order valence-corrected chi connectivity index (χ4v) is 4.12. The summed E-state index contributed by atoms with van der Waals surface area (Å²) in [4.78, 5) is 37.2. The molecule has 142 valence electrons. The summed E-state index contributed by atoms with van der Waals surface area (Å²) in [5, 5.41) is 11.5. The minimum Gasteiger partial charge on any atom is -1.00 e. The van der Waals surface area contributed by atoms with Crippen molar-refractivity contribution in [1.82, 2.24) is 10.2 Å². The van der Waals surface area contributed by atoms with Gasteiger partial charge in [0.2, 0.25) is 5.91 Å². The molecule has 2 heterocycles. The number of carbonyl (C=O) groups is 3. The quantitative estimate of drug-likeness (QED) is 0.451. The number of nitrogens with zero attached hydrogens (tertiary/aromatic N) is 1. The molecular weight excluding hydrogens is 382 g/mol. The molecule has 1 saturated heterocycles. The van der Waals surface area contributed by atoms with E-state index in [4.69, 9.17) is 5.73 Å². The van der Waals surface area contributed by atoms with E-state index in [9.17, 15) is 19.5 Å². The smallest absolute Gasteiger partial charge is 1.00 e. The van der Waals surface area contributed by atoms with E-state index in [0.717, 1.165) is 0 Å². The highest BCUT2D eigenvalue weighted by molar-refractivity contribution is 8.00. The van der Waals surface area contributed by atoms with Crippen LogP contribution in [0.4, 0.5) is 0 Å². The number of fused-ring (bicyclic) bond motifs is 1. The van der Waals surface area contributed by atoms with Gasteiger partial charge in [0.05, 0.1) is 0 Å². The molecule has 26 heavy (non-hydrogen) atoms. The SMILES string of the molecule is CC1=C(C(=O)O)N2C(=O)[C@@H](NC(=O)[C@H](N)c3ccccc3)[C@H]2SC1.O.[Cl-].[H+]. The van der Waals surface area contributed by atoms with Gasteiger partial charge in [0, 0.05) is 5.75 Å². The van der Waals surface area contributed by atoms with E-state index in [0.29, 0.717) is 16.9 Å². The lowest BCUT2D eigenvalue weighted by molar-refractivity contribution is -0.150. The van der Waals surface area contributed by atoms with Gasteiger partial charge in [-0.1, -0.05) is 30.3 Å². The lowest BCUT2D eigenvalue weighted by Crippen LogP contribution is -3.00. The maximum atomic E-state index is 12.3. The molecule has 0 unspecified atom stereocenters. The van der Waals surface area contributed by atoms with Crippen molar-refractivity contribution in [1.29, 1.82) is 0 Å². The molecule has 1 aromatic rings. The maximum absolute atomic E-state index is 12.3. The maximum Gasteiger partial charge on any atom is 1.00 e. The number of carboxylic acid groups (broad SMARTS) is 1. The fraction of sp³-hybridized carbons (Fsp3) is 0.312. The van der Waals surface area contributed by atoms with E-state index in [1.807, 2.05) is 6.07 Å². The first kappa shape index (κ1) is 22.0. The van der Waals surface area contributed by atoms with Crippen molar-refractivity contribution in [2.75, 3.05) is 5.75 Å². The molecule has 0 aliphatic carbocycles. The summed E-state index contributed by atoms with van der Waals surface area (Å²) in [6.45, 7) is 1.69. The zero-order valence-electron chi connectivity index (χ0n) is 14.8. The molecule has 3 rings (SSSR count). The molecule has 3 atom stereocenters. The molecule has 0 spiro atoms. The normalized spacial score (nSPS) is 22.2. The van der Waals surface area contributed by atoms with E-state index in [2.05, 4.69) is 5.32 Å². The second-order valence-corrected chi connectivity index (χ2v) is 6.82. The average molecular weight is 402 g/mol. The molecule has 8 nitrogen and oxygen atoms in total. The Bertz CT molecular complexity index is 749. The monoisotopic (exact) mass is 401 g/mol. The number of amides is 2. The second-order valence-electron chi connectivity index (χ2n) is 5.72. The summed E-state index contributed by atoms with van der Waals surface area (Å²) in [6.07, 6.45) is 0. The van der Waals surface area contributed by atoms with Gasteiger partial charge in [-0.05, 0) is 18.1 Å². The summed E-state index contributed by atoms with van der Waals surface area (Å²) < 4.78 is 0. The number of β-lactam (4-membered cyclic amide) rings is 1. The Labute approximate surface area is 162 Å². The predicted molar refractivity (Wildman–Crippen MR) is 93.5 cm³/mol. The third kappa shape index (κ3) is 3.70. The number of hydrogen-bond acceptors (Lipinski definition) is 5. The van der Waals surface area contributed by atoms with Gasteiger partial charge in [-0.15, -0.1) is 11.8 Å². The number of nitrogens with one attached hydrogen (secondary N) is 1. The predicted octanol–water partition coefficient (Wildman–Crippen LogP) is -3.26. The summed E-state index contributed by atoms with van der Waals surface area (Å²) in [5.41, 5.74) is 7.24. The van der Waals surface area contributed by atoms with Crippen molar-refractivity contribution in [3.63, 3.8) is 0 Å². The number of carboxylic acids is 1.